The molecular formula is C14H18N2O. The lowest BCUT2D eigenvalue weighted by Crippen LogP contribution is -2.10. The number of nitrogens with one attached hydrogen (secondary N) is 1. The van der Waals surface area contributed by atoms with Gasteiger partial charge in [-0.15, -0.1) is 0 Å². The van der Waals surface area contributed by atoms with Gasteiger partial charge >= 0.3 is 0 Å². The van der Waals surface area contributed by atoms with Crippen LogP contribution in [0.2, 0.25) is 0 Å². The van der Waals surface area contributed by atoms with E-state index < -0.39 is 5.60 Å². The largest absolute Gasteiger partial charge is 0.390 e. The number of hydrogen-bond acceptors (Lipinski definition) is 2. The molecule has 0 saturated heterocycles. The van der Waals surface area contributed by atoms with Crippen LogP contribution in [0.3, 0.4) is 0 Å². The first-order valence-electron chi connectivity index (χ1n) is 6.27. The van der Waals surface area contributed by atoms with E-state index in [1.807, 2.05) is 6.07 Å². The van der Waals surface area contributed by atoms with Crippen LogP contribution in [0.25, 0.3) is 11.0 Å². The number of imidazole rings is 1. The number of rotatable bonds is 3. The zero-order valence-corrected chi connectivity index (χ0v) is 10.3. The molecule has 0 radical (unpaired) electrons. The van der Waals surface area contributed by atoms with Crippen molar-refractivity contribution in [3.63, 3.8) is 0 Å². The van der Waals surface area contributed by atoms with Crippen molar-refractivity contribution in [3.05, 3.63) is 29.6 Å². The van der Waals surface area contributed by atoms with Gasteiger partial charge in [0.05, 0.1) is 16.6 Å². The fraction of sp³-hybridized carbons (Fsp3) is 0.500. The lowest BCUT2D eigenvalue weighted by molar-refractivity contribution is 0.151. The topological polar surface area (TPSA) is 48.9 Å². The van der Waals surface area contributed by atoms with Gasteiger partial charge in [-0.2, -0.15) is 0 Å². The second kappa shape index (κ2) is 3.57. The quantitative estimate of drug-likeness (QED) is 0.851. The Morgan fingerprint density at radius 2 is 2.18 bits per heavy atom. The van der Waals surface area contributed by atoms with Gasteiger partial charge in [-0.05, 0) is 30.5 Å². The summed E-state index contributed by atoms with van der Waals surface area (Å²) in [6, 6.07) is 6.23. The summed E-state index contributed by atoms with van der Waals surface area (Å²) >= 11 is 0. The van der Waals surface area contributed by atoms with Gasteiger partial charge in [0.25, 0.3) is 0 Å². The molecule has 1 aromatic heterocycles. The predicted molar refractivity (Wildman–Crippen MR) is 68.1 cm³/mol. The standard InChI is InChI=1S/C14H18N2O/c1-9(2)13-15-11-4-3-10(7-12(11)16-13)8-14(17)5-6-14/h3-4,7,9,17H,5-6,8H2,1-2H3,(H,15,16). The molecule has 2 N–H and O–H groups in total. The number of H-pyrrole nitrogens is 1. The van der Waals surface area contributed by atoms with E-state index in [-0.39, 0.29) is 0 Å². The van der Waals surface area contributed by atoms with Gasteiger partial charge in [0.15, 0.2) is 0 Å². The van der Waals surface area contributed by atoms with Crippen molar-refractivity contribution in [1.29, 1.82) is 0 Å². The molecule has 3 nitrogen and oxygen atoms in total. The van der Waals surface area contributed by atoms with Crippen LogP contribution in [0.15, 0.2) is 18.2 Å². The summed E-state index contributed by atoms with van der Waals surface area (Å²) in [6.07, 6.45) is 2.63. The van der Waals surface area contributed by atoms with Crippen molar-refractivity contribution in [3.8, 4) is 0 Å². The molecule has 1 aliphatic rings. The minimum Gasteiger partial charge on any atom is -0.390 e. The Kier molecular flexibility index (Phi) is 2.26. The van der Waals surface area contributed by atoms with E-state index in [9.17, 15) is 5.11 Å². The lowest BCUT2D eigenvalue weighted by atomic mass is 10.1. The SMILES string of the molecule is CC(C)c1nc2ccc(CC3(O)CC3)cc2[nH]1. The predicted octanol–water partition coefficient (Wildman–Crippen LogP) is 2.75. The number of hydrogen-bond donors (Lipinski definition) is 2. The zero-order valence-electron chi connectivity index (χ0n) is 10.3. The molecule has 0 unspecified atom stereocenters. The summed E-state index contributed by atoms with van der Waals surface area (Å²) in [6.45, 7) is 4.26. The molecule has 0 bridgehead atoms. The molecule has 1 heterocycles. The third kappa shape index (κ3) is 2.07. The van der Waals surface area contributed by atoms with E-state index in [1.54, 1.807) is 0 Å². The van der Waals surface area contributed by atoms with Gasteiger partial charge in [0, 0.05) is 12.3 Å². The van der Waals surface area contributed by atoms with Crippen LogP contribution in [0, 0.1) is 0 Å². The number of aliphatic hydroxyl groups is 1. The summed E-state index contributed by atoms with van der Waals surface area (Å²) in [5.74, 6) is 1.45. The molecule has 1 aromatic carbocycles. The number of aromatic amines is 1. The molecule has 0 aliphatic heterocycles. The van der Waals surface area contributed by atoms with Crippen LogP contribution < -0.4 is 0 Å². The van der Waals surface area contributed by atoms with Crippen molar-refractivity contribution in [2.24, 2.45) is 0 Å². The van der Waals surface area contributed by atoms with Gasteiger partial charge in [-0.25, -0.2) is 4.98 Å². The summed E-state index contributed by atoms with van der Waals surface area (Å²) in [7, 11) is 0. The maximum Gasteiger partial charge on any atom is 0.109 e. The molecule has 1 aliphatic carbocycles. The highest BCUT2D eigenvalue weighted by molar-refractivity contribution is 5.76. The molecule has 1 saturated carbocycles. The molecule has 1 fully saturated rings. The fourth-order valence-electron chi connectivity index (χ4n) is 2.16. The second-order valence-electron chi connectivity index (χ2n) is 5.53. The summed E-state index contributed by atoms with van der Waals surface area (Å²) in [4.78, 5) is 7.90. The average Bonchev–Trinajstić information content (AvgIpc) is 2.84. The molecule has 3 heteroatoms. The van der Waals surface area contributed by atoms with Crippen molar-refractivity contribution < 1.29 is 5.11 Å². The van der Waals surface area contributed by atoms with Crippen LogP contribution in [-0.4, -0.2) is 20.7 Å². The van der Waals surface area contributed by atoms with Crippen molar-refractivity contribution in [2.75, 3.05) is 0 Å². The van der Waals surface area contributed by atoms with Gasteiger partial charge < -0.3 is 10.1 Å². The molecular weight excluding hydrogens is 212 g/mol. The number of benzene rings is 1. The van der Waals surface area contributed by atoms with E-state index >= 15 is 0 Å². The Bertz CT molecular complexity index is 552. The number of fused-ring (bicyclic) bond motifs is 1. The number of aromatic nitrogens is 2. The molecule has 0 amide bonds. The fourth-order valence-corrected chi connectivity index (χ4v) is 2.16. The van der Waals surface area contributed by atoms with Crippen LogP contribution >= 0.6 is 0 Å². The monoisotopic (exact) mass is 230 g/mol. The first kappa shape index (κ1) is 10.8. The Hall–Kier alpha value is -1.35. The maximum absolute atomic E-state index is 9.92. The van der Waals surface area contributed by atoms with Gasteiger partial charge in [-0.1, -0.05) is 19.9 Å². The molecule has 17 heavy (non-hydrogen) atoms. The average molecular weight is 230 g/mol. The molecule has 2 aromatic rings. The van der Waals surface area contributed by atoms with Gasteiger partial charge in [-0.3, -0.25) is 0 Å². The Morgan fingerprint density at radius 1 is 1.41 bits per heavy atom. The van der Waals surface area contributed by atoms with E-state index in [0.29, 0.717) is 5.92 Å². The van der Waals surface area contributed by atoms with Crippen LogP contribution in [-0.2, 0) is 6.42 Å². The third-order valence-electron chi connectivity index (χ3n) is 3.47. The van der Waals surface area contributed by atoms with Crippen molar-refractivity contribution >= 4 is 11.0 Å². The number of nitrogens with zero attached hydrogens (tertiary/aromatic N) is 1. The van der Waals surface area contributed by atoms with Crippen LogP contribution in [0.4, 0.5) is 0 Å². The summed E-state index contributed by atoms with van der Waals surface area (Å²) in [5, 5.41) is 9.92. The molecule has 0 spiro atoms. The summed E-state index contributed by atoms with van der Waals surface area (Å²) in [5.41, 5.74) is 2.86. The smallest absolute Gasteiger partial charge is 0.109 e. The molecule has 3 rings (SSSR count). The summed E-state index contributed by atoms with van der Waals surface area (Å²) < 4.78 is 0. The third-order valence-corrected chi connectivity index (χ3v) is 3.47. The molecule has 0 atom stereocenters. The molecule has 90 valence electrons. The van der Waals surface area contributed by atoms with Crippen molar-refractivity contribution in [1.82, 2.24) is 9.97 Å². The Labute approximate surface area is 101 Å². The highest BCUT2D eigenvalue weighted by atomic mass is 16.3. The lowest BCUT2D eigenvalue weighted by Gasteiger charge is -2.06. The van der Waals surface area contributed by atoms with E-state index in [4.69, 9.17) is 0 Å². The zero-order chi connectivity index (χ0) is 12.0. The van der Waals surface area contributed by atoms with Gasteiger partial charge in [0.1, 0.15) is 5.82 Å². The highest BCUT2D eigenvalue weighted by Gasteiger charge is 2.40. The van der Waals surface area contributed by atoms with E-state index in [1.165, 1.54) is 5.56 Å². The van der Waals surface area contributed by atoms with E-state index in [2.05, 4.69) is 35.9 Å². The van der Waals surface area contributed by atoms with Crippen LogP contribution in [0.1, 0.15) is 44.0 Å². The normalized spacial score (nSPS) is 17.9. The second-order valence-corrected chi connectivity index (χ2v) is 5.53. The Morgan fingerprint density at radius 3 is 2.82 bits per heavy atom. The van der Waals surface area contributed by atoms with Gasteiger partial charge in [0.2, 0.25) is 0 Å². The van der Waals surface area contributed by atoms with Crippen LogP contribution in [0.5, 0.6) is 0 Å². The first-order valence-corrected chi connectivity index (χ1v) is 6.27. The van der Waals surface area contributed by atoms with E-state index in [0.717, 1.165) is 36.1 Å². The highest BCUT2D eigenvalue weighted by Crippen LogP contribution is 2.38. The van der Waals surface area contributed by atoms with Crippen molar-refractivity contribution in [2.45, 2.75) is 44.6 Å². The minimum absolute atomic E-state index is 0.415. The Balaban J connectivity index is 1.94. The maximum atomic E-state index is 9.92. The minimum atomic E-state index is -0.422. The first-order chi connectivity index (χ1) is 8.06.